The molecule has 0 aromatic heterocycles. The Hall–Kier alpha value is -2.32. The number of rotatable bonds is 9. The van der Waals surface area contributed by atoms with E-state index in [1.54, 1.807) is 15.9 Å². The number of para-hydroxylation sites is 1. The van der Waals surface area contributed by atoms with Crippen molar-refractivity contribution in [1.82, 2.24) is 4.90 Å². The van der Waals surface area contributed by atoms with Gasteiger partial charge in [-0.1, -0.05) is 45.0 Å². The minimum absolute atomic E-state index is 0.0158. The Morgan fingerprint density at radius 2 is 1.94 bits per heavy atom. The van der Waals surface area contributed by atoms with E-state index in [9.17, 15) is 24.6 Å². The van der Waals surface area contributed by atoms with Gasteiger partial charge in [0.25, 0.3) is 5.91 Å². The molecule has 0 aliphatic carbocycles. The molecule has 196 valence electrons. The molecular weight excluding hydrogens is 476 g/mol. The van der Waals surface area contributed by atoms with E-state index in [2.05, 4.69) is 6.58 Å². The second-order valence-corrected chi connectivity index (χ2v) is 12.6. The highest BCUT2D eigenvalue weighted by Gasteiger charge is 2.77. The first kappa shape index (κ1) is 26.7. The van der Waals surface area contributed by atoms with Crippen molar-refractivity contribution in [3.63, 3.8) is 0 Å². The minimum Gasteiger partial charge on any atom is -0.481 e. The molecule has 2 bridgehead atoms. The van der Waals surface area contributed by atoms with E-state index in [4.69, 9.17) is 0 Å². The van der Waals surface area contributed by atoms with Crippen molar-refractivity contribution in [2.45, 2.75) is 69.5 Å². The Labute approximate surface area is 217 Å². The SMILES string of the molecule is C=CCN(C(=O)C1N([C@@H](CO)CC(C)C)C(=O)[C@@H]2[C@H](C(=O)O)[C@@H]3CC(C)C12S3)c1c(C)cccc1C. The number of carboxylic acid groups (broad SMARTS) is 1. The summed E-state index contributed by atoms with van der Waals surface area (Å²) in [6, 6.07) is 4.44. The lowest BCUT2D eigenvalue weighted by Gasteiger charge is -2.42. The van der Waals surface area contributed by atoms with Crippen LogP contribution in [0.25, 0.3) is 0 Å². The van der Waals surface area contributed by atoms with Gasteiger partial charge in [-0.05, 0) is 49.7 Å². The number of hydrogen-bond donors (Lipinski definition) is 2. The number of aliphatic hydroxyl groups excluding tert-OH is 1. The van der Waals surface area contributed by atoms with Gasteiger partial charge in [0, 0.05) is 17.5 Å². The Kier molecular flexibility index (Phi) is 7.32. The molecule has 2 amide bonds. The standard InChI is InChI=1S/C28H38N2O5S/c1-7-11-29(23-16(4)9-8-10-17(23)5)26(33)24-28-18(6)13-20(36-28)21(27(34)35)22(28)25(32)30(24)19(14-31)12-15(2)3/h7-10,15,18-22,24,31H,1,11-14H2,2-6H3,(H,34,35)/t18?,19-,20+,21-,22+,24?,28?/m1/s1. The van der Waals surface area contributed by atoms with Crippen LogP contribution in [0.3, 0.4) is 0 Å². The van der Waals surface area contributed by atoms with Crippen molar-refractivity contribution in [2.75, 3.05) is 18.1 Å². The topological polar surface area (TPSA) is 98.2 Å². The molecule has 4 rings (SSSR count). The Morgan fingerprint density at radius 1 is 1.31 bits per heavy atom. The average Bonchev–Trinajstić information content (AvgIpc) is 3.40. The van der Waals surface area contributed by atoms with E-state index >= 15 is 0 Å². The van der Waals surface area contributed by atoms with E-state index in [1.807, 2.05) is 52.8 Å². The highest BCUT2D eigenvalue weighted by molar-refractivity contribution is 8.02. The molecule has 3 fully saturated rings. The third-order valence-corrected chi connectivity index (χ3v) is 10.4. The van der Waals surface area contributed by atoms with Crippen molar-refractivity contribution in [1.29, 1.82) is 0 Å². The molecule has 1 aromatic rings. The monoisotopic (exact) mass is 514 g/mol. The van der Waals surface area contributed by atoms with Gasteiger partial charge in [0.15, 0.2) is 0 Å². The van der Waals surface area contributed by atoms with Crippen molar-refractivity contribution in [3.05, 3.63) is 42.0 Å². The zero-order valence-electron chi connectivity index (χ0n) is 21.8. The average molecular weight is 515 g/mol. The number of hydrogen-bond acceptors (Lipinski definition) is 5. The molecule has 7 nitrogen and oxygen atoms in total. The molecule has 0 saturated carbocycles. The number of thioether (sulfide) groups is 1. The number of aryl methyl sites for hydroxylation is 2. The fourth-order valence-corrected chi connectivity index (χ4v) is 9.43. The number of fused-ring (bicyclic) bond motifs is 1. The first-order valence-corrected chi connectivity index (χ1v) is 13.7. The number of carbonyl (C=O) groups excluding carboxylic acids is 2. The van der Waals surface area contributed by atoms with Crippen molar-refractivity contribution >= 4 is 35.2 Å². The summed E-state index contributed by atoms with van der Waals surface area (Å²) in [5.74, 6) is -2.95. The summed E-state index contributed by atoms with van der Waals surface area (Å²) in [5, 5.41) is 20.4. The van der Waals surface area contributed by atoms with E-state index in [-0.39, 0.29) is 42.1 Å². The number of nitrogens with zero attached hydrogens (tertiary/aromatic N) is 2. The summed E-state index contributed by atoms with van der Waals surface area (Å²) in [6.07, 6.45) is 2.86. The predicted molar refractivity (Wildman–Crippen MR) is 142 cm³/mol. The zero-order chi connectivity index (χ0) is 26.5. The normalized spacial score (nSPS) is 31.6. The van der Waals surface area contributed by atoms with Gasteiger partial charge >= 0.3 is 5.97 Å². The fraction of sp³-hybridized carbons (Fsp3) is 0.607. The predicted octanol–water partition coefficient (Wildman–Crippen LogP) is 3.65. The van der Waals surface area contributed by atoms with Gasteiger partial charge in [-0.15, -0.1) is 18.3 Å². The van der Waals surface area contributed by atoms with Crippen LogP contribution < -0.4 is 4.90 Å². The van der Waals surface area contributed by atoms with Gasteiger partial charge < -0.3 is 20.0 Å². The van der Waals surface area contributed by atoms with Crippen molar-refractivity contribution in [3.8, 4) is 0 Å². The molecule has 8 heteroatoms. The third-order valence-electron chi connectivity index (χ3n) is 8.34. The van der Waals surface area contributed by atoms with Gasteiger partial charge in [-0.25, -0.2) is 0 Å². The Morgan fingerprint density at radius 3 is 2.47 bits per heavy atom. The summed E-state index contributed by atoms with van der Waals surface area (Å²) >= 11 is 1.53. The maximum absolute atomic E-state index is 14.7. The molecule has 3 heterocycles. The van der Waals surface area contributed by atoms with E-state index in [0.717, 1.165) is 16.8 Å². The molecular formula is C28H38N2O5S. The molecule has 36 heavy (non-hydrogen) atoms. The molecule has 3 unspecified atom stereocenters. The van der Waals surface area contributed by atoms with E-state index < -0.39 is 34.6 Å². The third kappa shape index (κ3) is 3.88. The number of aliphatic hydroxyl groups is 1. The van der Waals surface area contributed by atoms with Gasteiger partial charge in [0.2, 0.25) is 5.91 Å². The summed E-state index contributed by atoms with van der Waals surface area (Å²) in [6.45, 7) is 13.9. The lowest BCUT2D eigenvalue weighted by Crippen LogP contribution is -2.59. The first-order chi connectivity index (χ1) is 17.0. The van der Waals surface area contributed by atoms with Crippen LogP contribution in [0.2, 0.25) is 0 Å². The number of anilines is 1. The summed E-state index contributed by atoms with van der Waals surface area (Å²) in [4.78, 5) is 44.5. The smallest absolute Gasteiger partial charge is 0.308 e. The van der Waals surface area contributed by atoms with Gasteiger partial charge in [-0.3, -0.25) is 14.4 Å². The van der Waals surface area contributed by atoms with Crippen molar-refractivity contribution < 1.29 is 24.6 Å². The van der Waals surface area contributed by atoms with E-state index in [1.165, 1.54) is 11.8 Å². The maximum atomic E-state index is 14.7. The number of benzene rings is 1. The number of carbonyl (C=O) groups is 3. The lowest BCUT2D eigenvalue weighted by atomic mass is 9.66. The van der Waals surface area contributed by atoms with Crippen LogP contribution in [-0.2, 0) is 14.4 Å². The van der Waals surface area contributed by atoms with Crippen LogP contribution >= 0.6 is 11.8 Å². The van der Waals surface area contributed by atoms with E-state index in [0.29, 0.717) is 12.8 Å². The Balaban J connectivity index is 1.90. The molecule has 7 atom stereocenters. The highest BCUT2D eigenvalue weighted by atomic mass is 32.2. The molecule has 3 aliphatic rings. The van der Waals surface area contributed by atoms with Crippen LogP contribution in [0.1, 0.15) is 44.7 Å². The van der Waals surface area contributed by atoms with Crippen LogP contribution in [0.5, 0.6) is 0 Å². The van der Waals surface area contributed by atoms with Gasteiger partial charge in [-0.2, -0.15) is 0 Å². The number of likely N-dealkylation sites (tertiary alicyclic amines) is 1. The first-order valence-electron chi connectivity index (χ1n) is 12.8. The number of amides is 2. The molecule has 3 saturated heterocycles. The zero-order valence-corrected chi connectivity index (χ0v) is 22.6. The Bertz CT molecular complexity index is 1050. The molecule has 3 aliphatic heterocycles. The summed E-state index contributed by atoms with van der Waals surface area (Å²) in [7, 11) is 0. The molecule has 0 radical (unpaired) electrons. The van der Waals surface area contributed by atoms with Crippen LogP contribution in [0, 0.1) is 37.5 Å². The number of aliphatic carboxylic acids is 1. The largest absolute Gasteiger partial charge is 0.481 e. The fourth-order valence-electron chi connectivity index (χ4n) is 7.03. The number of carboxylic acids is 1. The van der Waals surface area contributed by atoms with Gasteiger partial charge in [0.1, 0.15) is 6.04 Å². The molecule has 1 aromatic carbocycles. The molecule has 1 spiro atoms. The second-order valence-electron chi connectivity index (χ2n) is 11.1. The van der Waals surface area contributed by atoms with Crippen LogP contribution in [0.15, 0.2) is 30.9 Å². The second kappa shape index (κ2) is 9.86. The summed E-state index contributed by atoms with van der Waals surface area (Å²) in [5.41, 5.74) is 2.67. The summed E-state index contributed by atoms with van der Waals surface area (Å²) < 4.78 is -0.845. The van der Waals surface area contributed by atoms with Gasteiger partial charge in [0.05, 0.1) is 29.2 Å². The quantitative estimate of drug-likeness (QED) is 0.488. The maximum Gasteiger partial charge on any atom is 0.308 e. The van der Waals surface area contributed by atoms with Crippen LogP contribution in [0.4, 0.5) is 5.69 Å². The lowest BCUT2D eigenvalue weighted by molar-refractivity contribution is -0.149. The van der Waals surface area contributed by atoms with Crippen molar-refractivity contribution in [2.24, 2.45) is 23.7 Å². The minimum atomic E-state index is -0.977. The highest BCUT2D eigenvalue weighted by Crippen LogP contribution is 2.69. The van der Waals surface area contributed by atoms with Crippen LogP contribution in [-0.4, -0.2) is 68.1 Å². The molecule has 2 N–H and O–H groups in total.